The molecule has 0 aliphatic rings. The number of fused-ring (bicyclic) bond motifs is 2. The number of aromatic amines is 1. The fraction of sp³-hybridized carbons (Fsp3) is 0.0833. The van der Waals surface area contributed by atoms with Gasteiger partial charge < -0.3 is 14.5 Å². The Morgan fingerprint density at radius 2 is 1.86 bits per heavy atom. The Hall–Kier alpha value is -3.86. The van der Waals surface area contributed by atoms with Crippen LogP contribution in [0.1, 0.15) is 5.56 Å². The van der Waals surface area contributed by atoms with Crippen LogP contribution in [-0.2, 0) is 6.61 Å². The van der Waals surface area contributed by atoms with E-state index in [9.17, 15) is 0 Å². The minimum absolute atomic E-state index is 0.536. The number of pyridine rings is 1. The number of H-pyrrole nitrogens is 1. The normalized spacial score (nSPS) is 11.1. The Morgan fingerprint density at radius 3 is 2.69 bits per heavy atom. The molecule has 0 radical (unpaired) electrons. The highest BCUT2D eigenvalue weighted by molar-refractivity contribution is 5.95. The number of imidazole rings is 1. The molecule has 0 amide bonds. The zero-order valence-electron chi connectivity index (χ0n) is 15.9. The van der Waals surface area contributed by atoms with Crippen LogP contribution in [0.4, 0.5) is 0 Å². The molecule has 5 aromatic rings. The second kappa shape index (κ2) is 7.28. The predicted molar refractivity (Wildman–Crippen MR) is 114 cm³/mol. The highest BCUT2D eigenvalue weighted by Gasteiger charge is 2.14. The molecule has 0 fully saturated rings. The van der Waals surface area contributed by atoms with Gasteiger partial charge in [0.25, 0.3) is 0 Å². The molecule has 0 atom stereocenters. The van der Waals surface area contributed by atoms with Gasteiger partial charge in [0.1, 0.15) is 29.4 Å². The van der Waals surface area contributed by atoms with Gasteiger partial charge in [0, 0.05) is 11.6 Å². The monoisotopic (exact) mass is 381 g/mol. The van der Waals surface area contributed by atoms with Crippen molar-refractivity contribution in [2.24, 2.45) is 0 Å². The highest BCUT2D eigenvalue weighted by atomic mass is 16.5. The number of benzene rings is 3. The van der Waals surface area contributed by atoms with Crippen molar-refractivity contribution in [3.63, 3.8) is 0 Å². The Balaban J connectivity index is 1.51. The van der Waals surface area contributed by atoms with Crippen molar-refractivity contribution < 1.29 is 9.47 Å². The lowest BCUT2D eigenvalue weighted by molar-refractivity contribution is 0.306. The fourth-order valence-electron chi connectivity index (χ4n) is 3.50. The number of rotatable bonds is 5. The van der Waals surface area contributed by atoms with Gasteiger partial charge >= 0.3 is 0 Å². The van der Waals surface area contributed by atoms with Crippen LogP contribution >= 0.6 is 0 Å². The van der Waals surface area contributed by atoms with Crippen LogP contribution in [-0.4, -0.2) is 22.1 Å². The third kappa shape index (κ3) is 3.27. The molecular weight excluding hydrogens is 362 g/mol. The predicted octanol–water partition coefficient (Wildman–Crippen LogP) is 5.37. The summed E-state index contributed by atoms with van der Waals surface area (Å²) in [5.74, 6) is 2.37. The van der Waals surface area contributed by atoms with E-state index in [1.807, 2.05) is 48.5 Å². The maximum Gasteiger partial charge on any atom is 0.142 e. The molecule has 0 aliphatic carbocycles. The number of nitrogens with one attached hydrogen (secondary N) is 1. The zero-order valence-corrected chi connectivity index (χ0v) is 15.9. The molecule has 5 nitrogen and oxygen atoms in total. The first kappa shape index (κ1) is 17.3. The summed E-state index contributed by atoms with van der Waals surface area (Å²) in [5.41, 5.74) is 3.82. The van der Waals surface area contributed by atoms with E-state index in [0.29, 0.717) is 6.61 Å². The van der Waals surface area contributed by atoms with E-state index in [2.05, 4.69) is 33.2 Å². The standard InChI is InChI=1S/C24H19N3O2/c1-28-23-19-10-8-18(29-15-16-5-3-2-4-6-16)13-17(19)7-9-20(23)24-26-21-11-12-25-14-22(21)27-24/h2-14H,15H2,1H3,(H,26,27). The average Bonchev–Trinajstić information content (AvgIpc) is 3.21. The molecule has 5 heteroatoms. The Labute approximate surface area is 168 Å². The molecular formula is C24H19N3O2. The van der Waals surface area contributed by atoms with Gasteiger partial charge in [-0.05, 0) is 41.3 Å². The SMILES string of the molecule is COc1c(-c2nc3cnccc3[nH]2)ccc2cc(OCc3ccccc3)ccc12. The molecule has 0 aliphatic heterocycles. The number of aromatic nitrogens is 3. The minimum atomic E-state index is 0.536. The van der Waals surface area contributed by atoms with Crippen LogP contribution in [0.15, 0.2) is 79.1 Å². The molecule has 0 saturated heterocycles. The summed E-state index contributed by atoms with van der Waals surface area (Å²) < 4.78 is 11.7. The van der Waals surface area contributed by atoms with E-state index in [1.54, 1.807) is 19.5 Å². The number of hydrogen-bond donors (Lipinski definition) is 1. The summed E-state index contributed by atoms with van der Waals surface area (Å²) in [6.07, 6.45) is 3.50. The minimum Gasteiger partial charge on any atom is -0.495 e. The van der Waals surface area contributed by atoms with Gasteiger partial charge in [0.2, 0.25) is 0 Å². The Kier molecular flexibility index (Phi) is 4.33. The molecule has 1 N–H and O–H groups in total. The number of hydrogen-bond acceptors (Lipinski definition) is 4. The average molecular weight is 381 g/mol. The molecule has 2 heterocycles. The smallest absolute Gasteiger partial charge is 0.142 e. The van der Waals surface area contributed by atoms with Crippen molar-refractivity contribution >= 4 is 21.8 Å². The molecule has 142 valence electrons. The van der Waals surface area contributed by atoms with E-state index < -0.39 is 0 Å². The van der Waals surface area contributed by atoms with Crippen molar-refractivity contribution in [1.29, 1.82) is 0 Å². The van der Waals surface area contributed by atoms with Crippen LogP contribution in [0.25, 0.3) is 33.2 Å². The first-order valence-electron chi connectivity index (χ1n) is 9.39. The van der Waals surface area contributed by atoms with Gasteiger partial charge in [0.15, 0.2) is 0 Å². The first-order chi connectivity index (χ1) is 14.3. The quantitative estimate of drug-likeness (QED) is 0.445. The zero-order chi connectivity index (χ0) is 19.6. The summed E-state index contributed by atoms with van der Waals surface area (Å²) >= 11 is 0. The van der Waals surface area contributed by atoms with Crippen molar-refractivity contribution in [2.45, 2.75) is 6.61 Å². The number of nitrogens with zero attached hydrogens (tertiary/aromatic N) is 2. The van der Waals surface area contributed by atoms with Gasteiger partial charge in [-0.15, -0.1) is 0 Å². The Morgan fingerprint density at radius 1 is 0.966 bits per heavy atom. The van der Waals surface area contributed by atoms with Crippen molar-refractivity contribution in [1.82, 2.24) is 15.0 Å². The van der Waals surface area contributed by atoms with E-state index in [0.717, 1.165) is 50.3 Å². The second-order valence-electron chi connectivity index (χ2n) is 6.78. The third-order valence-corrected chi connectivity index (χ3v) is 4.93. The summed E-state index contributed by atoms with van der Waals surface area (Å²) in [6, 6.07) is 22.2. The number of ether oxygens (including phenoxy) is 2. The second-order valence-corrected chi connectivity index (χ2v) is 6.78. The summed E-state index contributed by atoms with van der Waals surface area (Å²) in [5, 5.41) is 2.06. The van der Waals surface area contributed by atoms with Gasteiger partial charge in [-0.25, -0.2) is 4.98 Å². The molecule has 0 unspecified atom stereocenters. The third-order valence-electron chi connectivity index (χ3n) is 4.93. The van der Waals surface area contributed by atoms with Crippen molar-refractivity contribution in [3.05, 3.63) is 84.7 Å². The molecule has 0 bridgehead atoms. The number of methoxy groups -OCH3 is 1. The lowest BCUT2D eigenvalue weighted by Crippen LogP contribution is -1.95. The summed E-state index contributed by atoms with van der Waals surface area (Å²) in [6.45, 7) is 0.536. The van der Waals surface area contributed by atoms with E-state index >= 15 is 0 Å². The largest absolute Gasteiger partial charge is 0.495 e. The molecule has 3 aromatic carbocycles. The van der Waals surface area contributed by atoms with Crippen LogP contribution in [0, 0.1) is 0 Å². The lowest BCUT2D eigenvalue weighted by Gasteiger charge is -2.12. The molecule has 2 aromatic heterocycles. The van der Waals surface area contributed by atoms with Gasteiger partial charge in [-0.1, -0.05) is 36.4 Å². The first-order valence-corrected chi connectivity index (χ1v) is 9.39. The van der Waals surface area contributed by atoms with Crippen LogP contribution in [0.2, 0.25) is 0 Å². The van der Waals surface area contributed by atoms with Gasteiger partial charge in [-0.2, -0.15) is 0 Å². The maximum atomic E-state index is 5.96. The molecule has 0 spiro atoms. The summed E-state index contributed by atoms with van der Waals surface area (Å²) in [7, 11) is 1.68. The summed E-state index contributed by atoms with van der Waals surface area (Å²) in [4.78, 5) is 12.1. The van der Waals surface area contributed by atoms with E-state index in [1.165, 1.54) is 0 Å². The molecule has 0 saturated carbocycles. The topological polar surface area (TPSA) is 60.0 Å². The van der Waals surface area contributed by atoms with Crippen molar-refractivity contribution in [3.8, 4) is 22.9 Å². The Bertz CT molecular complexity index is 1260. The van der Waals surface area contributed by atoms with E-state index in [-0.39, 0.29) is 0 Å². The lowest BCUT2D eigenvalue weighted by atomic mass is 10.0. The molecule has 29 heavy (non-hydrogen) atoms. The van der Waals surface area contributed by atoms with Crippen LogP contribution in [0.3, 0.4) is 0 Å². The van der Waals surface area contributed by atoms with Gasteiger partial charge in [0.05, 0.1) is 24.4 Å². The van der Waals surface area contributed by atoms with E-state index in [4.69, 9.17) is 9.47 Å². The fourth-order valence-corrected chi connectivity index (χ4v) is 3.50. The van der Waals surface area contributed by atoms with Crippen LogP contribution < -0.4 is 9.47 Å². The van der Waals surface area contributed by atoms with Crippen molar-refractivity contribution in [2.75, 3.05) is 7.11 Å². The van der Waals surface area contributed by atoms with Crippen LogP contribution in [0.5, 0.6) is 11.5 Å². The highest BCUT2D eigenvalue weighted by Crippen LogP contribution is 2.37. The molecule has 5 rings (SSSR count). The van der Waals surface area contributed by atoms with Gasteiger partial charge in [-0.3, -0.25) is 4.98 Å². The maximum absolute atomic E-state index is 5.96.